The third-order valence-electron chi connectivity index (χ3n) is 3.33. The molecule has 1 amide bonds. The van der Waals surface area contributed by atoms with Crippen molar-refractivity contribution < 1.29 is 4.79 Å². The van der Waals surface area contributed by atoms with Crippen LogP contribution in [-0.2, 0) is 18.4 Å². The summed E-state index contributed by atoms with van der Waals surface area (Å²) in [5, 5.41) is 7.18. The average molecular weight is 222 g/mol. The van der Waals surface area contributed by atoms with E-state index in [-0.39, 0.29) is 5.91 Å². The molecular weight excluding hydrogens is 204 g/mol. The van der Waals surface area contributed by atoms with Gasteiger partial charge in [0.25, 0.3) is 0 Å². The van der Waals surface area contributed by atoms with Gasteiger partial charge in [0.05, 0.1) is 11.2 Å². The number of amides is 1. The fraction of sp³-hybridized carbons (Fsp3) is 0.636. The standard InChI is InChI=1S/C11H18N4O/c1-7-9(8(2)15(3)14-7)6-13-10(16)11(12)4-5-11/h4-6,12H2,1-3H3,(H,13,16). The van der Waals surface area contributed by atoms with Crippen molar-refractivity contribution in [2.24, 2.45) is 12.8 Å². The predicted octanol–water partition coefficient (Wildman–Crippen LogP) is 0.144. The fourth-order valence-electron chi connectivity index (χ4n) is 1.78. The molecule has 1 heterocycles. The summed E-state index contributed by atoms with van der Waals surface area (Å²) in [6, 6.07) is 0. The van der Waals surface area contributed by atoms with E-state index in [9.17, 15) is 4.79 Å². The van der Waals surface area contributed by atoms with E-state index >= 15 is 0 Å². The molecular formula is C11H18N4O. The van der Waals surface area contributed by atoms with Crippen LogP contribution in [0, 0.1) is 13.8 Å². The maximum absolute atomic E-state index is 11.7. The van der Waals surface area contributed by atoms with Crippen molar-refractivity contribution in [3.63, 3.8) is 0 Å². The lowest BCUT2D eigenvalue weighted by atomic mass is 10.2. The van der Waals surface area contributed by atoms with Gasteiger partial charge in [-0.2, -0.15) is 5.10 Å². The van der Waals surface area contributed by atoms with Crippen molar-refractivity contribution >= 4 is 5.91 Å². The average Bonchev–Trinajstić information content (AvgIpc) is 2.91. The van der Waals surface area contributed by atoms with Crippen LogP contribution in [0.15, 0.2) is 0 Å². The Hall–Kier alpha value is -1.36. The van der Waals surface area contributed by atoms with Gasteiger partial charge in [0, 0.05) is 24.8 Å². The Bertz CT molecular complexity index is 431. The summed E-state index contributed by atoms with van der Waals surface area (Å²) in [4.78, 5) is 11.7. The molecule has 16 heavy (non-hydrogen) atoms. The molecule has 5 heteroatoms. The van der Waals surface area contributed by atoms with Crippen LogP contribution in [0.5, 0.6) is 0 Å². The SMILES string of the molecule is Cc1nn(C)c(C)c1CNC(=O)C1(N)CC1. The molecule has 0 atom stereocenters. The Morgan fingerprint density at radius 3 is 2.62 bits per heavy atom. The van der Waals surface area contributed by atoms with E-state index in [1.807, 2.05) is 25.6 Å². The maximum atomic E-state index is 11.7. The van der Waals surface area contributed by atoms with Crippen molar-refractivity contribution in [2.75, 3.05) is 0 Å². The molecule has 0 aliphatic heterocycles. The molecule has 0 unspecified atom stereocenters. The highest BCUT2D eigenvalue weighted by atomic mass is 16.2. The molecule has 1 saturated carbocycles. The van der Waals surface area contributed by atoms with Crippen LogP contribution < -0.4 is 11.1 Å². The lowest BCUT2D eigenvalue weighted by Gasteiger charge is -2.10. The molecule has 0 saturated heterocycles. The Balaban J connectivity index is 2.02. The highest BCUT2D eigenvalue weighted by molar-refractivity contribution is 5.88. The Morgan fingerprint density at radius 2 is 2.19 bits per heavy atom. The van der Waals surface area contributed by atoms with E-state index in [0.717, 1.165) is 29.8 Å². The first-order chi connectivity index (χ1) is 7.44. The monoisotopic (exact) mass is 222 g/mol. The topological polar surface area (TPSA) is 72.9 Å². The number of carbonyl (C=O) groups excluding carboxylic acids is 1. The van der Waals surface area contributed by atoms with Crippen LogP contribution in [0.2, 0.25) is 0 Å². The van der Waals surface area contributed by atoms with Crippen molar-refractivity contribution in [3.8, 4) is 0 Å². The molecule has 2 rings (SSSR count). The lowest BCUT2D eigenvalue weighted by molar-refractivity contribution is -0.123. The lowest BCUT2D eigenvalue weighted by Crippen LogP contribution is -2.42. The summed E-state index contributed by atoms with van der Waals surface area (Å²) in [7, 11) is 1.90. The number of nitrogens with one attached hydrogen (secondary N) is 1. The van der Waals surface area contributed by atoms with Gasteiger partial charge in [-0.25, -0.2) is 0 Å². The minimum Gasteiger partial charge on any atom is -0.350 e. The minimum absolute atomic E-state index is 0.0462. The smallest absolute Gasteiger partial charge is 0.240 e. The van der Waals surface area contributed by atoms with Crippen LogP contribution in [0.1, 0.15) is 29.8 Å². The van der Waals surface area contributed by atoms with Gasteiger partial charge in [-0.1, -0.05) is 0 Å². The summed E-state index contributed by atoms with van der Waals surface area (Å²) in [5.74, 6) is -0.0462. The zero-order valence-corrected chi connectivity index (χ0v) is 10.0. The van der Waals surface area contributed by atoms with Crippen molar-refractivity contribution in [3.05, 3.63) is 17.0 Å². The van der Waals surface area contributed by atoms with Gasteiger partial charge in [0.1, 0.15) is 0 Å². The summed E-state index contributed by atoms with van der Waals surface area (Å²) < 4.78 is 1.83. The molecule has 3 N–H and O–H groups in total. The van der Waals surface area contributed by atoms with Crippen LogP contribution >= 0.6 is 0 Å². The first-order valence-electron chi connectivity index (χ1n) is 5.50. The second-order valence-electron chi connectivity index (χ2n) is 4.61. The van der Waals surface area contributed by atoms with Crippen molar-refractivity contribution in [2.45, 2.75) is 38.8 Å². The van der Waals surface area contributed by atoms with E-state index in [0.29, 0.717) is 6.54 Å². The number of aryl methyl sites for hydroxylation is 2. The van der Waals surface area contributed by atoms with Crippen LogP contribution in [0.25, 0.3) is 0 Å². The Labute approximate surface area is 95.0 Å². The van der Waals surface area contributed by atoms with E-state index in [1.165, 1.54) is 0 Å². The Morgan fingerprint density at radius 1 is 1.56 bits per heavy atom. The van der Waals surface area contributed by atoms with Gasteiger partial charge >= 0.3 is 0 Å². The van der Waals surface area contributed by atoms with Crippen molar-refractivity contribution in [1.29, 1.82) is 0 Å². The van der Waals surface area contributed by atoms with Gasteiger partial charge in [-0.05, 0) is 26.7 Å². The number of hydrogen-bond donors (Lipinski definition) is 2. The van der Waals surface area contributed by atoms with E-state index < -0.39 is 5.54 Å². The quantitative estimate of drug-likeness (QED) is 0.764. The first-order valence-corrected chi connectivity index (χ1v) is 5.50. The fourth-order valence-corrected chi connectivity index (χ4v) is 1.78. The van der Waals surface area contributed by atoms with Gasteiger partial charge in [0.15, 0.2) is 0 Å². The first kappa shape index (κ1) is 11.1. The molecule has 0 aromatic carbocycles. The van der Waals surface area contributed by atoms with Crippen LogP contribution in [0.4, 0.5) is 0 Å². The molecule has 0 bridgehead atoms. The largest absolute Gasteiger partial charge is 0.350 e. The zero-order valence-electron chi connectivity index (χ0n) is 10.0. The normalized spacial score (nSPS) is 17.2. The highest BCUT2D eigenvalue weighted by Crippen LogP contribution is 2.32. The number of aromatic nitrogens is 2. The molecule has 1 aliphatic carbocycles. The molecule has 0 radical (unpaired) electrons. The second kappa shape index (κ2) is 3.59. The van der Waals surface area contributed by atoms with Crippen LogP contribution in [-0.4, -0.2) is 21.2 Å². The number of nitrogens with zero attached hydrogens (tertiary/aromatic N) is 2. The summed E-state index contributed by atoms with van der Waals surface area (Å²) in [5.41, 5.74) is 8.34. The van der Waals surface area contributed by atoms with Crippen molar-refractivity contribution in [1.82, 2.24) is 15.1 Å². The van der Waals surface area contributed by atoms with Gasteiger partial charge in [-0.3, -0.25) is 9.48 Å². The summed E-state index contributed by atoms with van der Waals surface area (Å²) in [6.45, 7) is 4.46. The number of carbonyl (C=O) groups is 1. The molecule has 88 valence electrons. The molecule has 1 aromatic heterocycles. The molecule has 1 aromatic rings. The minimum atomic E-state index is -0.593. The molecule has 1 fully saturated rings. The highest BCUT2D eigenvalue weighted by Gasteiger charge is 2.45. The number of rotatable bonds is 3. The van der Waals surface area contributed by atoms with Crippen LogP contribution in [0.3, 0.4) is 0 Å². The Kier molecular flexibility index (Phi) is 2.50. The summed E-state index contributed by atoms with van der Waals surface area (Å²) >= 11 is 0. The maximum Gasteiger partial charge on any atom is 0.240 e. The van der Waals surface area contributed by atoms with Gasteiger partial charge in [0.2, 0.25) is 5.91 Å². The number of hydrogen-bond acceptors (Lipinski definition) is 3. The molecule has 5 nitrogen and oxygen atoms in total. The third-order valence-corrected chi connectivity index (χ3v) is 3.33. The van der Waals surface area contributed by atoms with Gasteiger partial charge in [-0.15, -0.1) is 0 Å². The van der Waals surface area contributed by atoms with E-state index in [4.69, 9.17) is 5.73 Å². The van der Waals surface area contributed by atoms with E-state index in [2.05, 4.69) is 10.4 Å². The van der Waals surface area contributed by atoms with E-state index in [1.54, 1.807) is 0 Å². The number of nitrogens with two attached hydrogens (primary N) is 1. The molecule has 1 aliphatic rings. The zero-order chi connectivity index (χ0) is 11.9. The predicted molar refractivity (Wildman–Crippen MR) is 60.7 cm³/mol. The second-order valence-corrected chi connectivity index (χ2v) is 4.61. The molecule has 0 spiro atoms. The third kappa shape index (κ3) is 1.82. The van der Waals surface area contributed by atoms with Gasteiger partial charge < -0.3 is 11.1 Å². The summed E-state index contributed by atoms with van der Waals surface area (Å²) in [6.07, 6.45) is 1.59.